The number of rotatable bonds is 5. The number of benzene rings is 1. The summed E-state index contributed by atoms with van der Waals surface area (Å²) in [6.45, 7) is 1.54. The van der Waals surface area contributed by atoms with Gasteiger partial charge in [0.2, 0.25) is 5.13 Å². The molecule has 3 aromatic rings. The molecule has 0 fully saturated rings. The number of halogens is 4. The summed E-state index contributed by atoms with van der Waals surface area (Å²) in [6.07, 6.45) is 2.55. The number of thiazole rings is 1. The molecule has 0 aliphatic heterocycles. The van der Waals surface area contributed by atoms with Crippen LogP contribution in [0.5, 0.6) is 0 Å². The van der Waals surface area contributed by atoms with Crippen molar-refractivity contribution in [3.63, 3.8) is 0 Å². The Kier molecular flexibility index (Phi) is 6.16. The van der Waals surface area contributed by atoms with Gasteiger partial charge < -0.3 is 5.32 Å². The molecule has 0 aliphatic rings. The highest BCUT2D eigenvalue weighted by molar-refractivity contribution is 9.10. The maximum absolute atomic E-state index is 12.9. The quantitative estimate of drug-likeness (QED) is 0.531. The predicted octanol–water partition coefficient (Wildman–Crippen LogP) is 3.14. The number of amides is 1. The van der Waals surface area contributed by atoms with Crippen LogP contribution in [-0.4, -0.2) is 39.6 Å². The molecule has 0 bridgehead atoms. The summed E-state index contributed by atoms with van der Waals surface area (Å²) >= 11 is 3.97. The van der Waals surface area contributed by atoms with Gasteiger partial charge >= 0.3 is 5.51 Å². The first-order valence-electron chi connectivity index (χ1n) is 8.13. The summed E-state index contributed by atoms with van der Waals surface area (Å²) in [6, 6.07) is 3.73. The lowest BCUT2D eigenvalue weighted by atomic mass is 10.2. The van der Waals surface area contributed by atoms with Crippen molar-refractivity contribution in [1.82, 2.24) is 25.1 Å². The van der Waals surface area contributed by atoms with E-state index in [-0.39, 0.29) is 15.9 Å². The van der Waals surface area contributed by atoms with Gasteiger partial charge in [-0.1, -0.05) is 27.3 Å². The van der Waals surface area contributed by atoms with Gasteiger partial charge in [0.05, 0.1) is 17.1 Å². The van der Waals surface area contributed by atoms with Gasteiger partial charge in [-0.05, 0) is 25.1 Å². The molecule has 9 nitrogen and oxygen atoms in total. The Hall–Kier alpha value is -2.83. The van der Waals surface area contributed by atoms with E-state index in [1.807, 2.05) is 6.07 Å². The molecule has 31 heavy (non-hydrogen) atoms. The van der Waals surface area contributed by atoms with E-state index in [1.54, 1.807) is 6.92 Å². The highest BCUT2D eigenvalue weighted by Gasteiger charge is 2.47. The molecule has 0 aliphatic carbocycles. The fraction of sp³-hybridized carbons (Fsp3) is 0.188. The maximum atomic E-state index is 12.9. The Morgan fingerprint density at radius 3 is 2.65 bits per heavy atom. The van der Waals surface area contributed by atoms with Gasteiger partial charge in [-0.3, -0.25) is 4.79 Å². The normalized spacial score (nSPS) is 12.9. The van der Waals surface area contributed by atoms with Crippen LogP contribution in [0.1, 0.15) is 34.0 Å². The summed E-state index contributed by atoms with van der Waals surface area (Å²) in [5.41, 5.74) is -5.82. The molecule has 162 valence electrons. The van der Waals surface area contributed by atoms with Gasteiger partial charge in [0.25, 0.3) is 15.7 Å². The van der Waals surface area contributed by atoms with Crippen molar-refractivity contribution < 1.29 is 26.4 Å². The van der Waals surface area contributed by atoms with Crippen molar-refractivity contribution in [2.24, 2.45) is 0 Å². The van der Waals surface area contributed by atoms with Crippen LogP contribution in [0.4, 0.5) is 13.2 Å². The van der Waals surface area contributed by atoms with Gasteiger partial charge in [0.15, 0.2) is 5.82 Å². The minimum Gasteiger partial charge on any atom is -0.342 e. The fourth-order valence-corrected chi connectivity index (χ4v) is 4.59. The third-order valence-corrected chi connectivity index (χ3v) is 6.64. The molecule has 2 heterocycles. The van der Waals surface area contributed by atoms with Crippen LogP contribution in [0.2, 0.25) is 0 Å². The third-order valence-electron chi connectivity index (χ3n) is 3.84. The lowest BCUT2D eigenvalue weighted by Gasteiger charge is -2.15. The Morgan fingerprint density at radius 1 is 1.32 bits per heavy atom. The Bertz CT molecular complexity index is 1300. The minimum atomic E-state index is -5.64. The summed E-state index contributed by atoms with van der Waals surface area (Å²) in [4.78, 5) is 20.0. The van der Waals surface area contributed by atoms with E-state index >= 15 is 0 Å². The van der Waals surface area contributed by atoms with Gasteiger partial charge in [0.1, 0.15) is 17.3 Å². The lowest BCUT2D eigenvalue weighted by molar-refractivity contribution is -0.0436. The minimum absolute atomic E-state index is 0.0226. The molecular formula is C16H10BrF3N6O3S2. The second-order valence-electron chi connectivity index (χ2n) is 5.97. The number of aromatic nitrogens is 4. The second-order valence-corrected chi connectivity index (χ2v) is 9.83. The van der Waals surface area contributed by atoms with E-state index in [4.69, 9.17) is 5.26 Å². The van der Waals surface area contributed by atoms with Crippen molar-refractivity contribution in [2.75, 3.05) is 0 Å². The summed E-state index contributed by atoms with van der Waals surface area (Å²) in [5.74, 6) is -0.593. The first kappa shape index (κ1) is 22.8. The Labute approximate surface area is 185 Å². The number of alkyl halides is 3. The first-order chi connectivity index (χ1) is 14.4. The van der Waals surface area contributed by atoms with E-state index in [0.29, 0.717) is 16.1 Å². The molecule has 1 N–H and O–H groups in total. The molecule has 15 heteroatoms. The van der Waals surface area contributed by atoms with Crippen LogP contribution in [0.25, 0.3) is 5.13 Å². The van der Waals surface area contributed by atoms with Gasteiger partial charge in [-0.15, -0.1) is 0 Å². The first-order valence-corrected chi connectivity index (χ1v) is 11.2. The summed E-state index contributed by atoms with van der Waals surface area (Å²) in [5, 5.41) is 15.8. The standard InChI is InChI=1S/C16H10BrF3N6O3S2/c1-8(13-23-7-24-26(13)15-22-6-11(5-21)30-15)25-14(27)9-2-10(17)4-12(3-9)31(28,29)16(18,19)20/h2-4,6-8H,1H3,(H,25,27)/t8-/m0/s1. The van der Waals surface area contributed by atoms with E-state index in [0.717, 1.165) is 17.4 Å². The number of nitriles is 1. The topological polar surface area (TPSA) is 131 Å². The van der Waals surface area contributed by atoms with E-state index in [1.165, 1.54) is 23.3 Å². The zero-order valence-electron chi connectivity index (χ0n) is 15.3. The Balaban J connectivity index is 1.88. The molecule has 0 spiro atoms. The van der Waals surface area contributed by atoms with E-state index in [9.17, 15) is 26.4 Å². The van der Waals surface area contributed by atoms with Crippen LogP contribution in [0, 0.1) is 11.3 Å². The Morgan fingerprint density at radius 2 is 2.03 bits per heavy atom. The number of hydrogen-bond acceptors (Lipinski definition) is 8. The highest BCUT2D eigenvalue weighted by atomic mass is 79.9. The molecular weight excluding hydrogens is 525 g/mol. The molecule has 1 amide bonds. The van der Waals surface area contributed by atoms with Crippen LogP contribution < -0.4 is 5.32 Å². The van der Waals surface area contributed by atoms with Crippen molar-refractivity contribution in [1.29, 1.82) is 5.26 Å². The van der Waals surface area contributed by atoms with Crippen LogP contribution in [0.15, 0.2) is 40.1 Å². The highest BCUT2D eigenvalue weighted by Crippen LogP contribution is 2.32. The maximum Gasteiger partial charge on any atom is 0.501 e. The molecule has 0 unspecified atom stereocenters. The van der Waals surface area contributed by atoms with Crippen molar-refractivity contribution in [3.8, 4) is 11.2 Å². The fourth-order valence-electron chi connectivity index (χ4n) is 2.43. The molecule has 1 atom stereocenters. The zero-order valence-corrected chi connectivity index (χ0v) is 18.5. The molecule has 3 rings (SSSR count). The molecule has 0 saturated heterocycles. The largest absolute Gasteiger partial charge is 0.501 e. The number of nitrogens with one attached hydrogen (secondary N) is 1. The van der Waals surface area contributed by atoms with Gasteiger partial charge in [0, 0.05) is 10.0 Å². The van der Waals surface area contributed by atoms with Crippen LogP contribution >= 0.6 is 27.3 Å². The average molecular weight is 535 g/mol. The number of sulfone groups is 1. The van der Waals surface area contributed by atoms with Crippen molar-refractivity contribution in [2.45, 2.75) is 23.4 Å². The molecule has 2 aromatic heterocycles. The zero-order chi connectivity index (χ0) is 23.0. The van der Waals surface area contributed by atoms with E-state index in [2.05, 4.69) is 36.3 Å². The molecule has 0 saturated carbocycles. The monoisotopic (exact) mass is 534 g/mol. The lowest BCUT2D eigenvalue weighted by Crippen LogP contribution is -2.29. The smallest absolute Gasteiger partial charge is 0.342 e. The number of nitrogens with zero attached hydrogens (tertiary/aromatic N) is 5. The number of carbonyl (C=O) groups is 1. The second kappa shape index (κ2) is 8.36. The molecule has 1 aromatic carbocycles. The SMILES string of the molecule is C[C@H](NC(=O)c1cc(Br)cc(S(=O)(=O)C(F)(F)F)c1)c1ncnn1-c1ncc(C#N)s1. The van der Waals surface area contributed by atoms with Crippen LogP contribution in [0.3, 0.4) is 0 Å². The number of hydrogen-bond donors (Lipinski definition) is 1. The van der Waals surface area contributed by atoms with E-state index < -0.39 is 32.2 Å². The van der Waals surface area contributed by atoms with Gasteiger partial charge in [-0.25, -0.2) is 18.4 Å². The summed E-state index contributed by atoms with van der Waals surface area (Å²) in [7, 11) is -5.64. The number of carbonyl (C=O) groups excluding carboxylic acids is 1. The van der Waals surface area contributed by atoms with Crippen molar-refractivity contribution >= 4 is 43.0 Å². The van der Waals surface area contributed by atoms with Crippen molar-refractivity contribution in [3.05, 3.63) is 51.5 Å². The van der Waals surface area contributed by atoms with Gasteiger partial charge in [-0.2, -0.15) is 28.2 Å². The predicted molar refractivity (Wildman–Crippen MR) is 105 cm³/mol. The molecule has 0 radical (unpaired) electrons. The average Bonchev–Trinajstić information content (AvgIpc) is 3.35. The third kappa shape index (κ3) is 4.60. The summed E-state index contributed by atoms with van der Waals surface area (Å²) < 4.78 is 63.3. The van der Waals surface area contributed by atoms with Crippen LogP contribution in [-0.2, 0) is 9.84 Å².